The molecule has 0 N–H and O–H groups in total. The fraction of sp³-hybridized carbons (Fsp3) is 0.412. The summed E-state index contributed by atoms with van der Waals surface area (Å²) in [5.74, 6) is 0. The van der Waals surface area contributed by atoms with Crippen LogP contribution in [-0.4, -0.2) is 6.61 Å². The molecule has 0 aliphatic carbocycles. The van der Waals surface area contributed by atoms with Crippen molar-refractivity contribution in [2.45, 2.75) is 39.7 Å². The van der Waals surface area contributed by atoms with E-state index < -0.39 is 0 Å². The minimum absolute atomic E-state index is 0.692. The van der Waals surface area contributed by atoms with Gasteiger partial charge in [0, 0.05) is 0 Å². The largest absolute Gasteiger partial charge is 0.372 e. The van der Waals surface area contributed by atoms with Crippen molar-refractivity contribution in [1.82, 2.24) is 0 Å². The fourth-order valence-corrected chi connectivity index (χ4v) is 1.72. The van der Waals surface area contributed by atoms with E-state index in [9.17, 15) is 0 Å². The van der Waals surface area contributed by atoms with Gasteiger partial charge in [-0.3, -0.25) is 0 Å². The molecule has 0 aromatic heterocycles. The van der Waals surface area contributed by atoms with Crippen molar-refractivity contribution in [2.24, 2.45) is 0 Å². The zero-order valence-electron chi connectivity index (χ0n) is 11.6. The Balaban J connectivity index is 2.14. The second-order valence-corrected chi connectivity index (χ2v) is 4.88. The number of hydrogen-bond acceptors (Lipinski definition) is 1. The van der Waals surface area contributed by atoms with Gasteiger partial charge in [-0.05, 0) is 38.7 Å². The number of allylic oxidation sites excluding steroid dienone is 2. The quantitative estimate of drug-likeness (QED) is 0.467. The molecule has 0 saturated heterocycles. The highest BCUT2D eigenvalue weighted by Gasteiger charge is 1.94. The van der Waals surface area contributed by atoms with E-state index in [2.05, 4.69) is 38.6 Å². The molecule has 1 heteroatoms. The first-order valence-electron chi connectivity index (χ1n) is 6.60. The SMILES string of the molecule is C=C(C)CCCC=C(C)COCc1ccccc1. The molecule has 0 heterocycles. The fourth-order valence-electron chi connectivity index (χ4n) is 1.72. The molecular weight excluding hydrogens is 220 g/mol. The average Bonchev–Trinajstić information content (AvgIpc) is 2.36. The van der Waals surface area contributed by atoms with Crippen LogP contribution in [0.4, 0.5) is 0 Å². The van der Waals surface area contributed by atoms with Crippen LogP contribution in [0.3, 0.4) is 0 Å². The normalized spacial score (nSPS) is 11.6. The van der Waals surface area contributed by atoms with Crippen LogP contribution in [0.15, 0.2) is 54.1 Å². The Morgan fingerprint density at radius 2 is 1.94 bits per heavy atom. The van der Waals surface area contributed by atoms with Crippen LogP contribution in [-0.2, 0) is 11.3 Å². The van der Waals surface area contributed by atoms with E-state index in [1.165, 1.54) is 23.1 Å². The van der Waals surface area contributed by atoms with Crippen LogP contribution in [0.5, 0.6) is 0 Å². The zero-order valence-corrected chi connectivity index (χ0v) is 11.6. The Morgan fingerprint density at radius 3 is 2.61 bits per heavy atom. The number of ether oxygens (including phenoxy) is 1. The van der Waals surface area contributed by atoms with E-state index in [1.54, 1.807) is 0 Å². The van der Waals surface area contributed by atoms with Gasteiger partial charge in [0.25, 0.3) is 0 Å². The summed E-state index contributed by atoms with van der Waals surface area (Å²) in [7, 11) is 0. The topological polar surface area (TPSA) is 9.23 Å². The van der Waals surface area contributed by atoms with Crippen LogP contribution in [0.1, 0.15) is 38.7 Å². The van der Waals surface area contributed by atoms with Crippen LogP contribution < -0.4 is 0 Å². The lowest BCUT2D eigenvalue weighted by Crippen LogP contribution is -1.96. The van der Waals surface area contributed by atoms with Gasteiger partial charge in [-0.15, -0.1) is 6.58 Å². The van der Waals surface area contributed by atoms with Gasteiger partial charge in [-0.2, -0.15) is 0 Å². The molecule has 0 amide bonds. The van der Waals surface area contributed by atoms with Gasteiger partial charge in [0.1, 0.15) is 0 Å². The van der Waals surface area contributed by atoms with E-state index in [-0.39, 0.29) is 0 Å². The predicted molar refractivity (Wildman–Crippen MR) is 78.5 cm³/mol. The monoisotopic (exact) mass is 244 g/mol. The maximum Gasteiger partial charge on any atom is 0.0721 e. The predicted octanol–water partition coefficient (Wildman–Crippen LogP) is 4.90. The van der Waals surface area contributed by atoms with Crippen molar-refractivity contribution in [2.75, 3.05) is 6.61 Å². The number of benzene rings is 1. The Morgan fingerprint density at radius 1 is 1.22 bits per heavy atom. The van der Waals surface area contributed by atoms with Crippen molar-refractivity contribution in [3.05, 3.63) is 59.7 Å². The summed E-state index contributed by atoms with van der Waals surface area (Å²) in [5.41, 5.74) is 3.81. The van der Waals surface area contributed by atoms with E-state index in [4.69, 9.17) is 4.74 Å². The van der Waals surface area contributed by atoms with Crippen LogP contribution in [0, 0.1) is 0 Å². The van der Waals surface area contributed by atoms with Crippen molar-refractivity contribution < 1.29 is 4.74 Å². The van der Waals surface area contributed by atoms with Crippen molar-refractivity contribution >= 4 is 0 Å². The summed E-state index contributed by atoms with van der Waals surface area (Å²) in [6.45, 7) is 9.54. The Kier molecular flexibility index (Phi) is 7.12. The summed E-state index contributed by atoms with van der Waals surface area (Å²) >= 11 is 0. The highest BCUT2D eigenvalue weighted by molar-refractivity contribution is 5.13. The van der Waals surface area contributed by atoms with E-state index in [0.717, 1.165) is 19.4 Å². The van der Waals surface area contributed by atoms with Crippen LogP contribution >= 0.6 is 0 Å². The second kappa shape index (κ2) is 8.71. The molecule has 0 unspecified atom stereocenters. The molecule has 1 nitrogen and oxygen atoms in total. The van der Waals surface area contributed by atoms with E-state index in [1.807, 2.05) is 18.2 Å². The lowest BCUT2D eigenvalue weighted by Gasteiger charge is -2.05. The third-order valence-electron chi connectivity index (χ3n) is 2.74. The van der Waals surface area contributed by atoms with Gasteiger partial charge < -0.3 is 4.74 Å². The molecule has 1 aromatic rings. The first-order chi connectivity index (χ1) is 8.68. The summed E-state index contributed by atoms with van der Waals surface area (Å²) in [6, 6.07) is 10.3. The minimum atomic E-state index is 0.692. The molecule has 1 rings (SSSR count). The maximum absolute atomic E-state index is 5.67. The van der Waals surface area contributed by atoms with Gasteiger partial charge in [0.15, 0.2) is 0 Å². The average molecular weight is 244 g/mol. The van der Waals surface area contributed by atoms with Gasteiger partial charge >= 0.3 is 0 Å². The number of rotatable bonds is 8. The number of hydrogen-bond donors (Lipinski definition) is 0. The minimum Gasteiger partial charge on any atom is -0.372 e. The lowest BCUT2D eigenvalue weighted by atomic mass is 10.1. The maximum atomic E-state index is 5.67. The van der Waals surface area contributed by atoms with Crippen LogP contribution in [0.2, 0.25) is 0 Å². The Hall–Kier alpha value is -1.34. The molecule has 0 atom stereocenters. The summed E-state index contributed by atoms with van der Waals surface area (Å²) in [6.07, 6.45) is 5.70. The molecule has 0 spiro atoms. The first-order valence-corrected chi connectivity index (χ1v) is 6.60. The molecule has 1 aromatic carbocycles. The third-order valence-corrected chi connectivity index (χ3v) is 2.74. The molecule has 0 radical (unpaired) electrons. The molecule has 0 aliphatic heterocycles. The molecule has 0 saturated carbocycles. The van der Waals surface area contributed by atoms with Crippen molar-refractivity contribution in [3.63, 3.8) is 0 Å². The van der Waals surface area contributed by atoms with Gasteiger partial charge in [-0.1, -0.05) is 47.6 Å². The van der Waals surface area contributed by atoms with Gasteiger partial charge in [0.2, 0.25) is 0 Å². The number of unbranched alkanes of at least 4 members (excludes halogenated alkanes) is 1. The summed E-state index contributed by atoms with van der Waals surface area (Å²) < 4.78 is 5.67. The van der Waals surface area contributed by atoms with E-state index in [0.29, 0.717) is 6.61 Å². The lowest BCUT2D eigenvalue weighted by molar-refractivity contribution is 0.142. The van der Waals surface area contributed by atoms with Crippen molar-refractivity contribution in [3.8, 4) is 0 Å². The van der Waals surface area contributed by atoms with E-state index >= 15 is 0 Å². The molecule has 18 heavy (non-hydrogen) atoms. The molecule has 0 fully saturated rings. The molecule has 98 valence electrons. The summed E-state index contributed by atoms with van der Waals surface area (Å²) in [4.78, 5) is 0. The molecule has 0 bridgehead atoms. The molecular formula is C17H24O. The summed E-state index contributed by atoms with van der Waals surface area (Å²) in [5, 5.41) is 0. The highest BCUT2D eigenvalue weighted by Crippen LogP contribution is 2.07. The van der Waals surface area contributed by atoms with Crippen molar-refractivity contribution in [1.29, 1.82) is 0 Å². The second-order valence-electron chi connectivity index (χ2n) is 4.88. The Bertz CT molecular complexity index is 376. The highest BCUT2D eigenvalue weighted by atomic mass is 16.5. The Labute approximate surface area is 111 Å². The first kappa shape index (κ1) is 14.7. The van der Waals surface area contributed by atoms with Gasteiger partial charge in [0.05, 0.1) is 13.2 Å². The smallest absolute Gasteiger partial charge is 0.0721 e. The third kappa shape index (κ3) is 7.08. The van der Waals surface area contributed by atoms with Crippen LogP contribution in [0.25, 0.3) is 0 Å². The standard InChI is InChI=1S/C17H24O/c1-15(2)9-7-8-10-16(3)13-18-14-17-11-5-4-6-12-17/h4-6,10-12H,1,7-9,13-14H2,2-3H3. The van der Waals surface area contributed by atoms with Gasteiger partial charge in [-0.25, -0.2) is 0 Å². The zero-order chi connectivity index (χ0) is 13.2. The molecule has 0 aliphatic rings.